The third-order valence-electron chi connectivity index (χ3n) is 6.40. The molecule has 0 aromatic heterocycles. The average molecular weight is 621 g/mol. The predicted octanol–water partition coefficient (Wildman–Crippen LogP) is 5.84. The van der Waals surface area contributed by atoms with Gasteiger partial charge in [-0.2, -0.15) is 0 Å². The van der Waals surface area contributed by atoms with Crippen LogP contribution in [0.25, 0.3) is 0 Å². The van der Waals surface area contributed by atoms with E-state index in [0.717, 1.165) is 9.87 Å². The number of anilines is 1. The van der Waals surface area contributed by atoms with Crippen molar-refractivity contribution in [2.75, 3.05) is 18.0 Å². The fourth-order valence-electron chi connectivity index (χ4n) is 4.27. The van der Waals surface area contributed by atoms with E-state index >= 15 is 0 Å². The number of rotatable bonds is 12. The topological polar surface area (TPSA) is 96.0 Å². The highest BCUT2D eigenvalue weighted by Gasteiger charge is 2.34. The summed E-state index contributed by atoms with van der Waals surface area (Å²) in [5, 5.41) is 3.62. The molecule has 41 heavy (non-hydrogen) atoms. The van der Waals surface area contributed by atoms with E-state index in [2.05, 4.69) is 5.32 Å². The molecule has 3 aromatic rings. The average Bonchev–Trinajstić information content (AvgIpc) is 2.92. The van der Waals surface area contributed by atoms with E-state index in [0.29, 0.717) is 27.8 Å². The predicted molar refractivity (Wildman–Crippen MR) is 163 cm³/mol. The first-order chi connectivity index (χ1) is 19.4. The summed E-state index contributed by atoms with van der Waals surface area (Å²) in [5.41, 5.74) is 1.69. The van der Waals surface area contributed by atoms with Crippen LogP contribution in [-0.4, -0.2) is 50.9 Å². The number of aryl methyl sites for hydroxylation is 1. The molecule has 0 heterocycles. The number of nitrogens with one attached hydrogen (secondary N) is 1. The minimum Gasteiger partial charge on any atom is -0.497 e. The maximum Gasteiger partial charge on any atom is 0.264 e. The van der Waals surface area contributed by atoms with E-state index in [4.69, 9.17) is 27.9 Å². The highest BCUT2D eigenvalue weighted by Crippen LogP contribution is 2.29. The van der Waals surface area contributed by atoms with Gasteiger partial charge in [0.25, 0.3) is 10.0 Å². The van der Waals surface area contributed by atoms with Gasteiger partial charge in [0.05, 0.1) is 17.7 Å². The maximum atomic E-state index is 14.1. The van der Waals surface area contributed by atoms with Crippen molar-refractivity contribution in [3.63, 3.8) is 0 Å². The number of carbonyl (C=O) groups is 2. The minimum atomic E-state index is -4.20. The van der Waals surface area contributed by atoms with E-state index < -0.39 is 28.5 Å². The Balaban J connectivity index is 2.10. The molecule has 0 aliphatic carbocycles. The number of halogens is 2. The van der Waals surface area contributed by atoms with Crippen LogP contribution < -0.4 is 14.4 Å². The van der Waals surface area contributed by atoms with Gasteiger partial charge in [-0.15, -0.1) is 0 Å². The van der Waals surface area contributed by atoms with Crippen LogP contribution in [0.3, 0.4) is 0 Å². The van der Waals surface area contributed by atoms with Gasteiger partial charge in [-0.05, 0) is 69.2 Å². The van der Waals surface area contributed by atoms with Gasteiger partial charge in [0.15, 0.2) is 0 Å². The summed E-state index contributed by atoms with van der Waals surface area (Å²) < 4.78 is 34.3. The van der Waals surface area contributed by atoms with Crippen molar-refractivity contribution in [1.82, 2.24) is 10.2 Å². The molecule has 0 bridgehead atoms. The normalized spacial score (nSPS) is 12.1. The molecule has 220 valence electrons. The lowest BCUT2D eigenvalue weighted by molar-refractivity contribution is -0.140. The molecule has 11 heteroatoms. The second kappa shape index (κ2) is 14.1. The smallest absolute Gasteiger partial charge is 0.264 e. The summed E-state index contributed by atoms with van der Waals surface area (Å²) in [6, 6.07) is 16.7. The Morgan fingerprint density at radius 3 is 2.27 bits per heavy atom. The molecule has 0 fully saturated rings. The third-order valence-corrected chi connectivity index (χ3v) is 8.78. The Bertz CT molecular complexity index is 1480. The van der Waals surface area contributed by atoms with Crippen LogP contribution in [0.1, 0.15) is 38.3 Å². The van der Waals surface area contributed by atoms with Crippen LogP contribution in [0.2, 0.25) is 10.0 Å². The van der Waals surface area contributed by atoms with Crippen molar-refractivity contribution >= 4 is 50.7 Å². The molecule has 3 aromatic carbocycles. The second-order valence-electron chi connectivity index (χ2n) is 9.87. The number of benzene rings is 3. The molecular weight excluding hydrogens is 585 g/mol. The van der Waals surface area contributed by atoms with Crippen LogP contribution in [0.15, 0.2) is 71.6 Å². The zero-order valence-corrected chi connectivity index (χ0v) is 26.1. The Morgan fingerprint density at radius 1 is 1.00 bits per heavy atom. The first-order valence-corrected chi connectivity index (χ1v) is 15.3. The lowest BCUT2D eigenvalue weighted by Crippen LogP contribution is -2.53. The second-order valence-corrected chi connectivity index (χ2v) is 12.6. The van der Waals surface area contributed by atoms with E-state index in [1.165, 1.54) is 24.1 Å². The highest BCUT2D eigenvalue weighted by atomic mass is 35.5. The number of hydrogen-bond donors (Lipinski definition) is 1. The van der Waals surface area contributed by atoms with E-state index in [9.17, 15) is 18.0 Å². The largest absolute Gasteiger partial charge is 0.497 e. The molecule has 0 saturated heterocycles. The quantitative estimate of drug-likeness (QED) is 0.275. The number of nitrogens with zero attached hydrogens (tertiary/aromatic N) is 2. The third kappa shape index (κ3) is 8.15. The number of amides is 2. The summed E-state index contributed by atoms with van der Waals surface area (Å²) in [6.07, 6.45) is 0.291. The van der Waals surface area contributed by atoms with Gasteiger partial charge in [-0.25, -0.2) is 8.42 Å². The SMILES string of the molecule is CC[C@H](C(=O)NC(C)C)N(Cc1ccc(Cl)cc1Cl)C(=O)CN(c1cccc(OC)c1)S(=O)(=O)c1ccc(C)cc1. The summed E-state index contributed by atoms with van der Waals surface area (Å²) in [6.45, 7) is 6.69. The lowest BCUT2D eigenvalue weighted by atomic mass is 10.1. The molecule has 0 spiro atoms. The van der Waals surface area contributed by atoms with Gasteiger partial charge >= 0.3 is 0 Å². The highest BCUT2D eigenvalue weighted by molar-refractivity contribution is 7.92. The van der Waals surface area contributed by atoms with Gasteiger partial charge in [0.1, 0.15) is 18.3 Å². The number of hydrogen-bond acceptors (Lipinski definition) is 5. The molecule has 0 aliphatic rings. The summed E-state index contributed by atoms with van der Waals surface area (Å²) in [5.74, 6) is -0.512. The Hall–Kier alpha value is -3.27. The van der Waals surface area contributed by atoms with Gasteiger partial charge in [0.2, 0.25) is 11.8 Å². The number of methoxy groups -OCH3 is 1. The summed E-state index contributed by atoms with van der Waals surface area (Å²) >= 11 is 12.5. The Labute approximate surface area is 252 Å². The van der Waals surface area contributed by atoms with Crippen molar-refractivity contribution < 1.29 is 22.7 Å². The van der Waals surface area contributed by atoms with Crippen molar-refractivity contribution in [3.8, 4) is 5.75 Å². The molecule has 0 radical (unpaired) electrons. The maximum absolute atomic E-state index is 14.1. The molecule has 1 N–H and O–H groups in total. The van der Waals surface area contributed by atoms with E-state index in [-0.39, 0.29) is 29.1 Å². The van der Waals surface area contributed by atoms with Gasteiger partial charge < -0.3 is 15.0 Å². The lowest BCUT2D eigenvalue weighted by Gasteiger charge is -2.33. The zero-order chi connectivity index (χ0) is 30.3. The van der Waals surface area contributed by atoms with Crippen molar-refractivity contribution in [2.45, 2.75) is 57.6 Å². The number of ether oxygens (including phenoxy) is 1. The molecule has 1 atom stereocenters. The number of carbonyl (C=O) groups excluding carboxylic acids is 2. The first-order valence-electron chi connectivity index (χ1n) is 13.1. The Morgan fingerprint density at radius 2 is 1.68 bits per heavy atom. The molecule has 0 saturated carbocycles. The van der Waals surface area contributed by atoms with Crippen molar-refractivity contribution in [1.29, 1.82) is 0 Å². The van der Waals surface area contributed by atoms with Crippen molar-refractivity contribution in [2.24, 2.45) is 0 Å². The molecule has 0 unspecified atom stereocenters. The Kier molecular flexibility index (Phi) is 11.1. The van der Waals surface area contributed by atoms with Crippen LogP contribution in [0, 0.1) is 6.92 Å². The van der Waals surface area contributed by atoms with Crippen LogP contribution >= 0.6 is 23.2 Å². The van der Waals surface area contributed by atoms with Crippen molar-refractivity contribution in [3.05, 3.63) is 87.9 Å². The molecule has 3 rings (SSSR count). The van der Waals surface area contributed by atoms with Crippen LogP contribution in [-0.2, 0) is 26.2 Å². The standard InChI is InChI=1S/C30H35Cl2N3O5S/c1-6-28(30(37)33-20(2)3)34(18-22-12-13-23(31)16-27(22)32)29(36)19-35(24-8-7-9-25(17-24)40-5)41(38,39)26-14-10-21(4)11-15-26/h7-17,20,28H,6,18-19H2,1-5H3,(H,33,37)/t28-/m1/s1. The molecule has 2 amide bonds. The van der Waals surface area contributed by atoms with Crippen LogP contribution in [0.5, 0.6) is 5.75 Å². The van der Waals surface area contributed by atoms with E-state index in [1.807, 2.05) is 20.8 Å². The monoisotopic (exact) mass is 619 g/mol. The summed E-state index contributed by atoms with van der Waals surface area (Å²) in [7, 11) is -2.72. The molecule has 8 nitrogen and oxygen atoms in total. The van der Waals surface area contributed by atoms with Gasteiger partial charge in [0, 0.05) is 28.7 Å². The van der Waals surface area contributed by atoms with Gasteiger partial charge in [-0.3, -0.25) is 13.9 Å². The van der Waals surface area contributed by atoms with Crippen LogP contribution in [0.4, 0.5) is 5.69 Å². The first kappa shape index (κ1) is 32.2. The minimum absolute atomic E-state index is 0.0237. The number of sulfonamides is 1. The van der Waals surface area contributed by atoms with Gasteiger partial charge in [-0.1, -0.05) is 60.0 Å². The van der Waals surface area contributed by atoms with E-state index in [1.54, 1.807) is 61.5 Å². The fourth-order valence-corrected chi connectivity index (χ4v) is 6.14. The summed E-state index contributed by atoms with van der Waals surface area (Å²) in [4.78, 5) is 28.8. The zero-order valence-electron chi connectivity index (χ0n) is 23.7. The molecule has 0 aliphatic heterocycles. The molecular formula is C30H35Cl2N3O5S. The fraction of sp³-hybridized carbons (Fsp3) is 0.333.